The Morgan fingerprint density at radius 1 is 1.48 bits per heavy atom. The van der Waals surface area contributed by atoms with Crippen molar-refractivity contribution in [2.75, 3.05) is 11.9 Å². The highest BCUT2D eigenvalue weighted by Crippen LogP contribution is 2.22. The zero-order valence-electron chi connectivity index (χ0n) is 12.3. The lowest BCUT2D eigenvalue weighted by molar-refractivity contribution is -0.137. The van der Waals surface area contributed by atoms with Gasteiger partial charge in [0.1, 0.15) is 0 Å². The number of nitrogens with zero attached hydrogens (tertiary/aromatic N) is 3. The van der Waals surface area contributed by atoms with Gasteiger partial charge < -0.3 is 10.4 Å². The minimum atomic E-state index is -0.839. The van der Waals surface area contributed by atoms with E-state index < -0.39 is 5.97 Å². The number of carboxylic acid groups (broad SMARTS) is 1. The van der Waals surface area contributed by atoms with E-state index in [9.17, 15) is 9.59 Å². The summed E-state index contributed by atoms with van der Waals surface area (Å²) in [6, 6.07) is 0. The smallest absolute Gasteiger partial charge is 0.347 e. The van der Waals surface area contributed by atoms with Crippen LogP contribution in [0.25, 0.3) is 5.65 Å². The molecule has 8 nitrogen and oxygen atoms in total. The van der Waals surface area contributed by atoms with E-state index >= 15 is 0 Å². The molecule has 0 amide bonds. The highest BCUT2D eigenvalue weighted by Gasteiger charge is 2.19. The number of fused-ring (bicyclic) bond motifs is 1. The number of hydrogen-bond acceptors (Lipinski definition) is 5. The molecule has 2 aromatic rings. The average Bonchev–Trinajstić information content (AvgIpc) is 2.75. The first-order chi connectivity index (χ1) is 9.79. The highest BCUT2D eigenvalue weighted by atomic mass is 16.4. The van der Waals surface area contributed by atoms with E-state index in [4.69, 9.17) is 5.11 Å². The van der Waals surface area contributed by atoms with Crippen molar-refractivity contribution in [3.05, 3.63) is 22.4 Å². The van der Waals surface area contributed by atoms with Crippen molar-refractivity contribution < 1.29 is 9.90 Å². The maximum atomic E-state index is 11.7. The second-order valence-corrected chi connectivity index (χ2v) is 5.87. The SMILES string of the molecule is CC(C)(C)c1cn2c(=O)[nH]nc2c(NCCCC(=O)O)n1. The topological polar surface area (TPSA) is 112 Å². The molecular weight excluding hydrogens is 274 g/mol. The fraction of sp³-hybridized carbons (Fsp3) is 0.538. The number of rotatable bonds is 5. The largest absolute Gasteiger partial charge is 0.481 e. The summed E-state index contributed by atoms with van der Waals surface area (Å²) in [5.74, 6) is -0.361. The third-order valence-electron chi connectivity index (χ3n) is 3.03. The number of anilines is 1. The van der Waals surface area contributed by atoms with Gasteiger partial charge in [0.25, 0.3) is 0 Å². The van der Waals surface area contributed by atoms with Crippen LogP contribution in [0.2, 0.25) is 0 Å². The van der Waals surface area contributed by atoms with Gasteiger partial charge in [-0.15, -0.1) is 5.10 Å². The Labute approximate surface area is 121 Å². The monoisotopic (exact) mass is 293 g/mol. The molecule has 0 aliphatic rings. The standard InChI is InChI=1S/C13H19N5O3/c1-13(2,3)8-7-18-11(16-17-12(18)21)10(15-8)14-6-4-5-9(19)20/h7H,4-6H2,1-3H3,(H,14,15)(H,17,21)(H,19,20). The third-order valence-corrected chi connectivity index (χ3v) is 3.03. The van der Waals surface area contributed by atoms with Crippen LogP contribution in [0.15, 0.2) is 11.0 Å². The number of H-pyrrole nitrogens is 1. The van der Waals surface area contributed by atoms with Crippen molar-refractivity contribution in [3.8, 4) is 0 Å². The molecule has 0 spiro atoms. The average molecular weight is 293 g/mol. The quantitative estimate of drug-likeness (QED) is 0.709. The minimum absolute atomic E-state index is 0.0790. The van der Waals surface area contributed by atoms with Crippen LogP contribution in [-0.4, -0.2) is 37.2 Å². The van der Waals surface area contributed by atoms with Crippen LogP contribution in [0, 0.1) is 0 Å². The van der Waals surface area contributed by atoms with Crippen molar-refractivity contribution in [1.82, 2.24) is 19.6 Å². The predicted octanol–water partition coefficient (Wildman–Crippen LogP) is 0.992. The first-order valence-corrected chi connectivity index (χ1v) is 6.73. The molecule has 3 N–H and O–H groups in total. The number of carboxylic acids is 1. The Balaban J connectivity index is 2.32. The molecule has 0 saturated heterocycles. The van der Waals surface area contributed by atoms with Gasteiger partial charge in [-0.05, 0) is 6.42 Å². The number of nitrogens with one attached hydrogen (secondary N) is 2. The van der Waals surface area contributed by atoms with Crippen LogP contribution >= 0.6 is 0 Å². The molecule has 8 heteroatoms. The number of carbonyl (C=O) groups is 1. The predicted molar refractivity (Wildman–Crippen MR) is 77.7 cm³/mol. The normalized spacial score (nSPS) is 11.8. The maximum Gasteiger partial charge on any atom is 0.347 e. The summed E-state index contributed by atoms with van der Waals surface area (Å²) in [4.78, 5) is 26.7. The van der Waals surface area contributed by atoms with Gasteiger partial charge in [-0.2, -0.15) is 0 Å². The zero-order valence-corrected chi connectivity index (χ0v) is 12.3. The van der Waals surface area contributed by atoms with Gasteiger partial charge >= 0.3 is 11.7 Å². The van der Waals surface area contributed by atoms with E-state index in [0.29, 0.717) is 24.4 Å². The van der Waals surface area contributed by atoms with Gasteiger partial charge in [-0.25, -0.2) is 19.3 Å². The maximum absolute atomic E-state index is 11.7. The van der Waals surface area contributed by atoms with Gasteiger partial charge in [0.15, 0.2) is 5.82 Å². The van der Waals surface area contributed by atoms with E-state index in [1.807, 2.05) is 20.8 Å². The highest BCUT2D eigenvalue weighted by molar-refractivity contribution is 5.67. The summed E-state index contributed by atoms with van der Waals surface area (Å²) in [7, 11) is 0. The number of hydrogen-bond donors (Lipinski definition) is 3. The third kappa shape index (κ3) is 3.39. The second kappa shape index (κ2) is 5.55. The molecule has 0 bridgehead atoms. The van der Waals surface area contributed by atoms with E-state index in [1.54, 1.807) is 6.20 Å². The molecule has 0 atom stereocenters. The molecular formula is C13H19N5O3. The van der Waals surface area contributed by atoms with Crippen molar-refractivity contribution in [1.29, 1.82) is 0 Å². The lowest BCUT2D eigenvalue weighted by Crippen LogP contribution is -2.19. The Kier molecular flexibility index (Phi) is 3.97. The van der Waals surface area contributed by atoms with Gasteiger partial charge in [0.05, 0.1) is 5.69 Å². The zero-order chi connectivity index (χ0) is 15.6. The fourth-order valence-corrected chi connectivity index (χ4v) is 1.84. The molecule has 0 unspecified atom stereocenters. The summed E-state index contributed by atoms with van der Waals surface area (Å²) < 4.78 is 1.41. The molecule has 0 aliphatic carbocycles. The van der Waals surface area contributed by atoms with Crippen LogP contribution in [0.5, 0.6) is 0 Å². The minimum Gasteiger partial charge on any atom is -0.481 e. The molecule has 2 rings (SSSR count). The molecule has 0 radical (unpaired) electrons. The number of aromatic amines is 1. The lowest BCUT2D eigenvalue weighted by Gasteiger charge is -2.19. The Morgan fingerprint density at radius 3 is 2.81 bits per heavy atom. The number of aliphatic carboxylic acids is 1. The van der Waals surface area contributed by atoms with Gasteiger partial charge in [0, 0.05) is 24.6 Å². The molecule has 0 aliphatic heterocycles. The van der Waals surface area contributed by atoms with Crippen LogP contribution in [0.3, 0.4) is 0 Å². The van der Waals surface area contributed by atoms with Crippen LogP contribution in [0.1, 0.15) is 39.3 Å². The first kappa shape index (κ1) is 15.0. The fourth-order valence-electron chi connectivity index (χ4n) is 1.84. The Morgan fingerprint density at radius 2 is 2.19 bits per heavy atom. The van der Waals surface area contributed by atoms with Crippen LogP contribution in [0.4, 0.5) is 5.82 Å². The lowest BCUT2D eigenvalue weighted by atomic mass is 9.93. The molecule has 0 fully saturated rings. The summed E-state index contributed by atoms with van der Waals surface area (Å²) in [6.07, 6.45) is 2.22. The first-order valence-electron chi connectivity index (χ1n) is 6.73. The van der Waals surface area contributed by atoms with Gasteiger partial charge in [-0.3, -0.25) is 4.79 Å². The van der Waals surface area contributed by atoms with E-state index in [1.165, 1.54) is 4.40 Å². The van der Waals surface area contributed by atoms with E-state index in [2.05, 4.69) is 20.5 Å². The summed E-state index contributed by atoms with van der Waals surface area (Å²) >= 11 is 0. The summed E-state index contributed by atoms with van der Waals surface area (Å²) in [5.41, 5.74) is 0.608. The van der Waals surface area contributed by atoms with Crippen molar-refractivity contribution in [2.24, 2.45) is 0 Å². The second-order valence-electron chi connectivity index (χ2n) is 5.87. The van der Waals surface area contributed by atoms with Gasteiger partial charge in [0.2, 0.25) is 5.65 Å². The molecule has 2 aromatic heterocycles. The molecule has 114 valence electrons. The van der Waals surface area contributed by atoms with E-state index in [0.717, 1.165) is 5.69 Å². The number of aromatic nitrogens is 4. The Hall–Kier alpha value is -2.38. The summed E-state index contributed by atoms with van der Waals surface area (Å²) in [6.45, 7) is 6.45. The Bertz CT molecular complexity index is 711. The van der Waals surface area contributed by atoms with Gasteiger partial charge in [-0.1, -0.05) is 20.8 Å². The molecule has 0 aromatic carbocycles. The van der Waals surface area contributed by atoms with Crippen LogP contribution < -0.4 is 11.0 Å². The summed E-state index contributed by atoms with van der Waals surface area (Å²) in [5, 5.41) is 18.0. The van der Waals surface area contributed by atoms with Crippen molar-refractivity contribution in [3.63, 3.8) is 0 Å². The molecule has 2 heterocycles. The molecule has 21 heavy (non-hydrogen) atoms. The van der Waals surface area contributed by atoms with Crippen molar-refractivity contribution in [2.45, 2.75) is 39.0 Å². The van der Waals surface area contributed by atoms with Crippen molar-refractivity contribution >= 4 is 17.4 Å². The van der Waals surface area contributed by atoms with E-state index in [-0.39, 0.29) is 17.5 Å². The van der Waals surface area contributed by atoms with Crippen LogP contribution in [-0.2, 0) is 10.2 Å². The molecule has 0 saturated carbocycles.